The number of ether oxygens (including phenoxy) is 1. The molecule has 2 heterocycles. The molecule has 2 aromatic carbocycles. The Morgan fingerprint density at radius 1 is 1.18 bits per heavy atom. The van der Waals surface area contributed by atoms with Crippen LogP contribution in [-0.2, 0) is 22.7 Å². The van der Waals surface area contributed by atoms with E-state index in [-0.39, 0.29) is 18.2 Å². The maximum Gasteiger partial charge on any atom is 0.237 e. The number of piperazine rings is 1. The van der Waals surface area contributed by atoms with Gasteiger partial charge in [0.2, 0.25) is 11.8 Å². The molecule has 1 atom stereocenters. The topological polar surface area (TPSA) is 101 Å². The molecule has 0 radical (unpaired) electrons. The van der Waals surface area contributed by atoms with Crippen LogP contribution in [0.25, 0.3) is 5.69 Å². The number of rotatable bonds is 9. The molecule has 1 aromatic heterocycles. The van der Waals surface area contributed by atoms with Crippen LogP contribution >= 0.6 is 0 Å². The Bertz CT molecular complexity index is 1090. The van der Waals surface area contributed by atoms with E-state index in [4.69, 9.17) is 4.74 Å². The molecule has 0 bridgehead atoms. The van der Waals surface area contributed by atoms with E-state index in [1.165, 1.54) is 6.33 Å². The molecule has 0 saturated carbocycles. The highest BCUT2D eigenvalue weighted by atomic mass is 16.5. The second-order valence-corrected chi connectivity index (χ2v) is 7.77. The fraction of sp³-hybridized carbons (Fsp3) is 0.333. The fourth-order valence-electron chi connectivity index (χ4n) is 3.98. The molecule has 0 spiro atoms. The second kappa shape index (κ2) is 10.7. The number of carbonyl (C=O) groups is 2. The first-order valence-corrected chi connectivity index (χ1v) is 11.1. The molecule has 33 heavy (non-hydrogen) atoms. The van der Waals surface area contributed by atoms with E-state index in [0.29, 0.717) is 32.8 Å². The molecule has 1 fully saturated rings. The van der Waals surface area contributed by atoms with Crippen molar-refractivity contribution >= 4 is 11.8 Å². The van der Waals surface area contributed by atoms with Crippen molar-refractivity contribution in [2.24, 2.45) is 0 Å². The van der Waals surface area contributed by atoms with Crippen LogP contribution in [0.3, 0.4) is 0 Å². The average molecular weight is 449 g/mol. The van der Waals surface area contributed by atoms with Gasteiger partial charge in [-0.25, -0.2) is 9.67 Å². The Kier molecular flexibility index (Phi) is 7.31. The molecule has 2 N–H and O–H groups in total. The van der Waals surface area contributed by atoms with Gasteiger partial charge >= 0.3 is 0 Å². The van der Waals surface area contributed by atoms with Crippen LogP contribution < -0.4 is 15.4 Å². The maximum absolute atomic E-state index is 12.8. The van der Waals surface area contributed by atoms with Crippen LogP contribution in [0.1, 0.15) is 24.5 Å². The van der Waals surface area contributed by atoms with Crippen molar-refractivity contribution in [3.8, 4) is 11.4 Å². The highest BCUT2D eigenvalue weighted by molar-refractivity contribution is 5.88. The Morgan fingerprint density at radius 3 is 2.76 bits per heavy atom. The number of nitrogens with one attached hydrogen (secondary N) is 2. The molecular weight excluding hydrogens is 420 g/mol. The minimum absolute atomic E-state index is 0.0775. The monoisotopic (exact) mass is 448 g/mol. The molecule has 4 rings (SSSR count). The van der Waals surface area contributed by atoms with Crippen LogP contribution in [0.2, 0.25) is 0 Å². The fourth-order valence-corrected chi connectivity index (χ4v) is 3.98. The van der Waals surface area contributed by atoms with Crippen molar-refractivity contribution in [2.75, 3.05) is 19.7 Å². The van der Waals surface area contributed by atoms with Gasteiger partial charge in [-0.05, 0) is 24.6 Å². The van der Waals surface area contributed by atoms with Crippen molar-refractivity contribution in [1.29, 1.82) is 0 Å². The minimum atomic E-state index is -0.543. The number of hydrogen-bond acceptors (Lipinski definition) is 6. The summed E-state index contributed by atoms with van der Waals surface area (Å²) < 4.78 is 7.39. The summed E-state index contributed by atoms with van der Waals surface area (Å²) in [5.74, 6) is 0.487. The lowest BCUT2D eigenvalue weighted by Gasteiger charge is -2.35. The van der Waals surface area contributed by atoms with Gasteiger partial charge in [0.25, 0.3) is 0 Å². The Balaban J connectivity index is 1.41. The predicted octanol–water partition coefficient (Wildman–Crippen LogP) is 1.67. The van der Waals surface area contributed by atoms with Gasteiger partial charge in [0.15, 0.2) is 0 Å². The van der Waals surface area contributed by atoms with Gasteiger partial charge in [-0.15, -0.1) is 0 Å². The molecule has 1 saturated heterocycles. The summed E-state index contributed by atoms with van der Waals surface area (Å²) in [5, 5.41) is 10.0. The molecule has 1 aliphatic rings. The van der Waals surface area contributed by atoms with Crippen molar-refractivity contribution in [2.45, 2.75) is 32.5 Å². The van der Waals surface area contributed by atoms with E-state index in [1.54, 1.807) is 11.0 Å². The van der Waals surface area contributed by atoms with E-state index in [9.17, 15) is 9.59 Å². The molecule has 0 unspecified atom stereocenters. The largest absolute Gasteiger partial charge is 0.494 e. The van der Waals surface area contributed by atoms with Crippen molar-refractivity contribution in [3.63, 3.8) is 0 Å². The van der Waals surface area contributed by atoms with Crippen LogP contribution in [0.5, 0.6) is 5.75 Å². The number of hydrogen-bond donors (Lipinski definition) is 2. The third-order valence-corrected chi connectivity index (χ3v) is 5.60. The average Bonchev–Trinajstić information content (AvgIpc) is 3.36. The van der Waals surface area contributed by atoms with Crippen LogP contribution in [0.4, 0.5) is 0 Å². The SMILES string of the molecule is CCOc1ccccc1CN1CCNC(=O)[C@@H]1CC(=O)NCc1ccccc1-n1cncn1. The summed E-state index contributed by atoms with van der Waals surface area (Å²) in [5.41, 5.74) is 2.76. The van der Waals surface area contributed by atoms with E-state index in [2.05, 4.69) is 20.7 Å². The quantitative estimate of drug-likeness (QED) is 0.517. The standard InChI is InChI=1S/C24H28N6O3/c1-2-33-22-10-6-4-8-19(22)15-29-12-11-26-24(32)21(29)13-23(31)27-14-18-7-3-5-9-20(18)30-17-25-16-28-30/h3-10,16-17,21H,2,11-15H2,1H3,(H,26,32)(H,27,31)/t21-/m0/s1. The van der Waals surface area contributed by atoms with Crippen molar-refractivity contribution in [3.05, 3.63) is 72.3 Å². The summed E-state index contributed by atoms with van der Waals surface area (Å²) in [6.45, 7) is 4.60. The van der Waals surface area contributed by atoms with E-state index < -0.39 is 6.04 Å². The first-order chi connectivity index (χ1) is 16.2. The number of benzene rings is 2. The van der Waals surface area contributed by atoms with E-state index in [1.807, 2.05) is 60.4 Å². The zero-order chi connectivity index (χ0) is 23.0. The Labute approximate surface area is 192 Å². The number of amides is 2. The van der Waals surface area contributed by atoms with Gasteiger partial charge < -0.3 is 15.4 Å². The normalized spacial score (nSPS) is 16.3. The number of carbonyl (C=O) groups excluding carboxylic acids is 2. The smallest absolute Gasteiger partial charge is 0.237 e. The molecule has 1 aliphatic heterocycles. The molecule has 9 nitrogen and oxygen atoms in total. The first-order valence-electron chi connectivity index (χ1n) is 11.1. The molecule has 172 valence electrons. The van der Waals surface area contributed by atoms with Crippen LogP contribution in [0.15, 0.2) is 61.2 Å². The van der Waals surface area contributed by atoms with Gasteiger partial charge in [0, 0.05) is 31.7 Å². The Hall–Kier alpha value is -3.72. The van der Waals surface area contributed by atoms with Gasteiger partial charge in [-0.1, -0.05) is 36.4 Å². The zero-order valence-electron chi connectivity index (χ0n) is 18.6. The lowest BCUT2D eigenvalue weighted by atomic mass is 10.1. The lowest BCUT2D eigenvalue weighted by Crippen LogP contribution is -2.56. The number of nitrogens with zero attached hydrogens (tertiary/aromatic N) is 4. The minimum Gasteiger partial charge on any atom is -0.494 e. The van der Waals surface area contributed by atoms with Gasteiger partial charge in [0.1, 0.15) is 18.4 Å². The van der Waals surface area contributed by atoms with Crippen molar-refractivity contribution < 1.29 is 14.3 Å². The predicted molar refractivity (Wildman–Crippen MR) is 123 cm³/mol. The maximum atomic E-state index is 12.8. The van der Waals surface area contributed by atoms with E-state index >= 15 is 0 Å². The third kappa shape index (κ3) is 5.56. The first kappa shape index (κ1) is 22.5. The van der Waals surface area contributed by atoms with Crippen LogP contribution in [0, 0.1) is 0 Å². The van der Waals surface area contributed by atoms with E-state index in [0.717, 1.165) is 22.6 Å². The number of aromatic nitrogens is 3. The van der Waals surface area contributed by atoms with Gasteiger partial charge in [-0.3, -0.25) is 14.5 Å². The Morgan fingerprint density at radius 2 is 1.97 bits per heavy atom. The summed E-state index contributed by atoms with van der Waals surface area (Å²) in [7, 11) is 0. The molecule has 9 heteroatoms. The summed E-state index contributed by atoms with van der Waals surface area (Å²) >= 11 is 0. The van der Waals surface area contributed by atoms with Crippen molar-refractivity contribution in [1.82, 2.24) is 30.3 Å². The highest BCUT2D eigenvalue weighted by Gasteiger charge is 2.32. The molecule has 0 aliphatic carbocycles. The molecule has 2 amide bonds. The molecular formula is C24H28N6O3. The van der Waals surface area contributed by atoms with Gasteiger partial charge in [-0.2, -0.15) is 5.10 Å². The second-order valence-electron chi connectivity index (χ2n) is 7.77. The van der Waals surface area contributed by atoms with Crippen LogP contribution in [-0.4, -0.2) is 57.2 Å². The molecule has 3 aromatic rings. The lowest BCUT2D eigenvalue weighted by molar-refractivity contribution is -0.134. The summed E-state index contributed by atoms with van der Waals surface area (Å²) in [6.07, 6.45) is 3.16. The zero-order valence-corrected chi connectivity index (χ0v) is 18.6. The third-order valence-electron chi connectivity index (χ3n) is 5.60. The van der Waals surface area contributed by atoms with Gasteiger partial charge in [0.05, 0.1) is 24.8 Å². The number of para-hydroxylation sites is 2. The summed E-state index contributed by atoms with van der Waals surface area (Å²) in [6, 6.07) is 14.9. The highest BCUT2D eigenvalue weighted by Crippen LogP contribution is 2.22. The summed E-state index contributed by atoms with van der Waals surface area (Å²) in [4.78, 5) is 31.5.